The molecule has 1 saturated carbocycles. The highest BCUT2D eigenvalue weighted by Crippen LogP contribution is 2.29. The topological polar surface area (TPSA) is 34.1 Å². The van der Waals surface area contributed by atoms with Crippen molar-refractivity contribution in [1.82, 2.24) is 0 Å². The molecule has 14 heavy (non-hydrogen) atoms. The number of hydrogen-bond acceptors (Lipinski definition) is 2. The minimum atomic E-state index is -0.256. The highest BCUT2D eigenvalue weighted by atomic mass is 16.1. The van der Waals surface area contributed by atoms with Gasteiger partial charge in [0.25, 0.3) is 0 Å². The summed E-state index contributed by atoms with van der Waals surface area (Å²) >= 11 is 0. The minimum Gasteiger partial charge on any atom is -0.299 e. The van der Waals surface area contributed by atoms with Crippen molar-refractivity contribution in [3.63, 3.8) is 0 Å². The molecule has 0 radical (unpaired) electrons. The maximum absolute atomic E-state index is 11.6. The first-order chi connectivity index (χ1) is 6.69. The lowest BCUT2D eigenvalue weighted by Crippen LogP contribution is -2.30. The average Bonchev–Trinajstić information content (AvgIpc) is 2.19. The molecule has 2 atom stereocenters. The Kier molecular flexibility index (Phi) is 4.30. The fourth-order valence-electron chi connectivity index (χ4n) is 2.21. The van der Waals surface area contributed by atoms with Crippen LogP contribution in [0.5, 0.6) is 0 Å². The van der Waals surface area contributed by atoms with Crippen LogP contribution in [0.15, 0.2) is 0 Å². The number of carbonyl (C=O) groups excluding carboxylic acids is 2. The Morgan fingerprint density at radius 1 is 1.43 bits per heavy atom. The van der Waals surface area contributed by atoms with E-state index >= 15 is 0 Å². The van der Waals surface area contributed by atoms with E-state index in [9.17, 15) is 9.59 Å². The van der Waals surface area contributed by atoms with Crippen molar-refractivity contribution in [2.24, 2.45) is 11.8 Å². The van der Waals surface area contributed by atoms with Crippen LogP contribution in [0.1, 0.15) is 52.4 Å². The molecule has 0 aromatic rings. The van der Waals surface area contributed by atoms with E-state index in [-0.39, 0.29) is 17.5 Å². The second-order valence-electron chi connectivity index (χ2n) is 4.28. The van der Waals surface area contributed by atoms with Crippen molar-refractivity contribution in [2.75, 3.05) is 0 Å². The lowest BCUT2D eigenvalue weighted by Gasteiger charge is -2.26. The van der Waals surface area contributed by atoms with Gasteiger partial charge >= 0.3 is 0 Å². The Bertz CT molecular complexity index is 220. The molecule has 0 saturated heterocycles. The molecule has 1 fully saturated rings. The van der Waals surface area contributed by atoms with E-state index in [1.54, 1.807) is 0 Å². The molecule has 0 heterocycles. The van der Waals surface area contributed by atoms with Gasteiger partial charge in [-0.1, -0.05) is 20.3 Å². The normalized spacial score (nSPS) is 27.7. The predicted molar refractivity (Wildman–Crippen MR) is 56.0 cm³/mol. The molecule has 0 spiro atoms. The van der Waals surface area contributed by atoms with Gasteiger partial charge in [-0.05, 0) is 25.2 Å². The Balaban J connectivity index is 2.56. The molecule has 2 heteroatoms. The third kappa shape index (κ3) is 2.66. The second-order valence-corrected chi connectivity index (χ2v) is 4.28. The SMILES string of the molecule is CCCC(=O)C1CC(CC)CCC1=O. The van der Waals surface area contributed by atoms with Crippen LogP contribution in [-0.2, 0) is 9.59 Å². The van der Waals surface area contributed by atoms with Crippen LogP contribution in [0, 0.1) is 11.8 Å². The van der Waals surface area contributed by atoms with Crippen LogP contribution >= 0.6 is 0 Å². The third-order valence-corrected chi connectivity index (χ3v) is 3.22. The number of hydrogen-bond donors (Lipinski definition) is 0. The van der Waals surface area contributed by atoms with Crippen molar-refractivity contribution in [2.45, 2.75) is 52.4 Å². The van der Waals surface area contributed by atoms with E-state index in [1.165, 1.54) is 0 Å². The smallest absolute Gasteiger partial charge is 0.143 e. The lowest BCUT2D eigenvalue weighted by molar-refractivity contribution is -0.135. The standard InChI is InChI=1S/C12H20O2/c1-3-5-11(13)10-8-9(4-2)6-7-12(10)14/h9-10H,3-8H2,1-2H3. The summed E-state index contributed by atoms with van der Waals surface area (Å²) in [5.41, 5.74) is 0. The summed E-state index contributed by atoms with van der Waals surface area (Å²) in [6.07, 6.45) is 4.97. The molecule has 0 aromatic heterocycles. The molecule has 2 nitrogen and oxygen atoms in total. The van der Waals surface area contributed by atoms with Gasteiger partial charge < -0.3 is 0 Å². The summed E-state index contributed by atoms with van der Waals surface area (Å²) < 4.78 is 0. The fourth-order valence-corrected chi connectivity index (χ4v) is 2.21. The number of carbonyl (C=O) groups is 2. The molecule has 80 valence electrons. The van der Waals surface area contributed by atoms with Crippen molar-refractivity contribution in [3.05, 3.63) is 0 Å². The van der Waals surface area contributed by atoms with Gasteiger partial charge in [-0.25, -0.2) is 0 Å². The quantitative estimate of drug-likeness (QED) is 0.648. The van der Waals surface area contributed by atoms with E-state index in [4.69, 9.17) is 0 Å². The Hall–Kier alpha value is -0.660. The van der Waals surface area contributed by atoms with Gasteiger partial charge in [-0.3, -0.25) is 9.59 Å². The highest BCUT2D eigenvalue weighted by molar-refractivity contribution is 6.02. The Labute approximate surface area is 86.1 Å². The maximum atomic E-state index is 11.6. The monoisotopic (exact) mass is 196 g/mol. The van der Waals surface area contributed by atoms with Crippen molar-refractivity contribution < 1.29 is 9.59 Å². The van der Waals surface area contributed by atoms with Crippen LogP contribution in [0.2, 0.25) is 0 Å². The van der Waals surface area contributed by atoms with E-state index in [2.05, 4.69) is 6.92 Å². The van der Waals surface area contributed by atoms with Crippen molar-refractivity contribution in [3.8, 4) is 0 Å². The third-order valence-electron chi connectivity index (χ3n) is 3.22. The molecule has 0 amide bonds. The van der Waals surface area contributed by atoms with E-state index in [0.717, 1.165) is 25.7 Å². The molecule has 1 aliphatic rings. The predicted octanol–water partition coefficient (Wildman–Crippen LogP) is 2.75. The molecule has 1 rings (SSSR count). The van der Waals surface area contributed by atoms with Crippen molar-refractivity contribution >= 4 is 11.6 Å². The van der Waals surface area contributed by atoms with Gasteiger partial charge in [0.2, 0.25) is 0 Å². The Morgan fingerprint density at radius 2 is 2.14 bits per heavy atom. The van der Waals surface area contributed by atoms with E-state index < -0.39 is 0 Å². The largest absolute Gasteiger partial charge is 0.299 e. The molecular formula is C12H20O2. The summed E-state index contributed by atoms with van der Waals surface area (Å²) in [5, 5.41) is 0. The van der Waals surface area contributed by atoms with Gasteiger partial charge in [-0.15, -0.1) is 0 Å². The van der Waals surface area contributed by atoms with E-state index in [0.29, 0.717) is 18.8 Å². The average molecular weight is 196 g/mol. The first-order valence-electron chi connectivity index (χ1n) is 5.74. The van der Waals surface area contributed by atoms with Crippen LogP contribution in [0.25, 0.3) is 0 Å². The minimum absolute atomic E-state index is 0.177. The van der Waals surface area contributed by atoms with Crippen LogP contribution < -0.4 is 0 Å². The van der Waals surface area contributed by atoms with Gasteiger partial charge in [0, 0.05) is 12.8 Å². The van der Waals surface area contributed by atoms with Gasteiger partial charge in [0.1, 0.15) is 11.6 Å². The first kappa shape index (κ1) is 11.4. The zero-order valence-electron chi connectivity index (χ0n) is 9.21. The van der Waals surface area contributed by atoms with E-state index in [1.807, 2.05) is 6.92 Å². The second kappa shape index (κ2) is 5.28. The number of Topliss-reactive ketones (excluding diaryl/α,β-unsaturated/α-hetero) is 2. The summed E-state index contributed by atoms with van der Waals surface area (Å²) in [4.78, 5) is 23.2. The number of ketones is 2. The lowest BCUT2D eigenvalue weighted by atomic mass is 9.77. The molecule has 0 bridgehead atoms. The molecule has 2 unspecified atom stereocenters. The van der Waals surface area contributed by atoms with Crippen LogP contribution in [0.4, 0.5) is 0 Å². The van der Waals surface area contributed by atoms with Crippen molar-refractivity contribution in [1.29, 1.82) is 0 Å². The molecule has 0 aliphatic heterocycles. The summed E-state index contributed by atoms with van der Waals surface area (Å²) in [6, 6.07) is 0. The summed E-state index contributed by atoms with van der Waals surface area (Å²) in [7, 11) is 0. The zero-order valence-corrected chi connectivity index (χ0v) is 9.21. The maximum Gasteiger partial charge on any atom is 0.143 e. The summed E-state index contributed by atoms with van der Waals surface area (Å²) in [5.74, 6) is 0.705. The summed E-state index contributed by atoms with van der Waals surface area (Å²) in [6.45, 7) is 4.13. The van der Waals surface area contributed by atoms with Gasteiger partial charge in [0.05, 0.1) is 5.92 Å². The highest BCUT2D eigenvalue weighted by Gasteiger charge is 2.32. The molecular weight excluding hydrogens is 176 g/mol. The molecule has 0 aromatic carbocycles. The van der Waals surface area contributed by atoms with Gasteiger partial charge in [0.15, 0.2) is 0 Å². The fraction of sp³-hybridized carbons (Fsp3) is 0.833. The zero-order chi connectivity index (χ0) is 10.6. The van der Waals surface area contributed by atoms with Crippen LogP contribution in [0.3, 0.4) is 0 Å². The number of rotatable bonds is 4. The Morgan fingerprint density at radius 3 is 2.71 bits per heavy atom. The van der Waals surface area contributed by atoms with Gasteiger partial charge in [-0.2, -0.15) is 0 Å². The molecule has 1 aliphatic carbocycles. The van der Waals surface area contributed by atoms with Crippen LogP contribution in [-0.4, -0.2) is 11.6 Å². The first-order valence-corrected chi connectivity index (χ1v) is 5.74. The molecule has 0 N–H and O–H groups in total.